The Morgan fingerprint density at radius 2 is 2.03 bits per heavy atom. The number of amides is 2. The fourth-order valence-corrected chi connectivity index (χ4v) is 4.19. The lowest BCUT2D eigenvalue weighted by atomic mass is 9.91. The second-order valence-electron chi connectivity index (χ2n) is 8.27. The molecule has 162 valence electrons. The van der Waals surface area contributed by atoms with E-state index in [9.17, 15) is 9.59 Å². The predicted octanol–water partition coefficient (Wildman–Crippen LogP) is 4.65. The van der Waals surface area contributed by atoms with Crippen molar-refractivity contribution < 1.29 is 14.0 Å². The van der Waals surface area contributed by atoms with Gasteiger partial charge in [0.1, 0.15) is 5.69 Å². The highest BCUT2D eigenvalue weighted by molar-refractivity contribution is 6.07. The molecule has 0 bridgehead atoms. The Kier molecular flexibility index (Phi) is 6.35. The molecular weight excluding hydrogens is 390 g/mol. The van der Waals surface area contributed by atoms with Crippen LogP contribution in [-0.4, -0.2) is 40.8 Å². The van der Waals surface area contributed by atoms with Gasteiger partial charge in [0.15, 0.2) is 5.76 Å². The largest absolute Gasteiger partial charge is 0.463 e. The van der Waals surface area contributed by atoms with Crippen LogP contribution in [0.3, 0.4) is 0 Å². The number of furan rings is 1. The van der Waals surface area contributed by atoms with Crippen molar-refractivity contribution in [3.05, 3.63) is 54.3 Å². The molecule has 4 rings (SSSR count). The number of carbonyl (C=O) groups is 2. The molecule has 6 heteroatoms. The molecule has 1 aliphatic heterocycles. The van der Waals surface area contributed by atoms with E-state index in [1.165, 1.54) is 0 Å². The number of benzene rings is 1. The zero-order valence-corrected chi connectivity index (χ0v) is 18.1. The summed E-state index contributed by atoms with van der Waals surface area (Å²) in [6.45, 7) is 5.28. The van der Waals surface area contributed by atoms with Gasteiger partial charge in [0, 0.05) is 24.5 Å². The van der Waals surface area contributed by atoms with E-state index in [-0.39, 0.29) is 23.8 Å². The van der Waals surface area contributed by atoms with Crippen LogP contribution in [0.1, 0.15) is 49.9 Å². The summed E-state index contributed by atoms with van der Waals surface area (Å²) >= 11 is 0. The summed E-state index contributed by atoms with van der Waals surface area (Å²) in [6.07, 6.45) is 5.22. The fourth-order valence-electron chi connectivity index (χ4n) is 4.19. The highest BCUT2D eigenvalue weighted by Gasteiger charge is 2.33. The number of aromatic nitrogens is 1. The van der Waals surface area contributed by atoms with Gasteiger partial charge in [-0.2, -0.15) is 0 Å². The molecule has 3 aromatic rings. The molecule has 6 nitrogen and oxygen atoms in total. The number of hydrogen-bond acceptors (Lipinski definition) is 4. The number of nitrogens with one attached hydrogen (secondary N) is 1. The average molecular weight is 420 g/mol. The Morgan fingerprint density at radius 1 is 1.19 bits per heavy atom. The number of pyridine rings is 1. The third-order valence-electron chi connectivity index (χ3n) is 6.06. The van der Waals surface area contributed by atoms with Crippen LogP contribution in [0.25, 0.3) is 22.4 Å². The van der Waals surface area contributed by atoms with Gasteiger partial charge in [0.2, 0.25) is 5.91 Å². The van der Waals surface area contributed by atoms with Gasteiger partial charge in [-0.25, -0.2) is 4.98 Å². The summed E-state index contributed by atoms with van der Waals surface area (Å²) in [5.41, 5.74) is 1.97. The number of fused-ring (bicyclic) bond motifs is 1. The smallest absolute Gasteiger partial charge is 0.254 e. The number of rotatable bonds is 6. The third-order valence-corrected chi connectivity index (χ3v) is 6.06. The number of likely N-dealkylation sites (tertiary alicyclic amines) is 1. The third kappa shape index (κ3) is 4.48. The minimum absolute atomic E-state index is 0.0500. The summed E-state index contributed by atoms with van der Waals surface area (Å²) in [6, 6.07) is 13.2. The van der Waals surface area contributed by atoms with E-state index in [0.29, 0.717) is 30.1 Å². The van der Waals surface area contributed by atoms with E-state index < -0.39 is 0 Å². The van der Waals surface area contributed by atoms with Crippen LogP contribution in [0.5, 0.6) is 0 Å². The summed E-state index contributed by atoms with van der Waals surface area (Å²) in [5, 5.41) is 3.84. The van der Waals surface area contributed by atoms with E-state index in [4.69, 9.17) is 4.42 Å². The minimum Gasteiger partial charge on any atom is -0.463 e. The van der Waals surface area contributed by atoms with Crippen molar-refractivity contribution in [2.75, 3.05) is 13.1 Å². The standard InChI is InChI=1S/C25H29N3O3/c1-3-4-13-26-24(29)18-12-11-17(2)28(16-18)25(30)20-15-22(23-10-7-14-31-23)27-21-9-6-5-8-19(20)21/h5-10,14-15,17-18H,3-4,11-13,16H2,1-2H3,(H,26,29). The molecule has 1 N–H and O–H groups in total. The second kappa shape index (κ2) is 9.33. The Morgan fingerprint density at radius 3 is 2.81 bits per heavy atom. The number of piperidine rings is 1. The van der Waals surface area contributed by atoms with Crippen molar-refractivity contribution in [2.45, 2.75) is 45.6 Å². The Balaban J connectivity index is 1.64. The molecule has 0 saturated carbocycles. The summed E-state index contributed by atoms with van der Waals surface area (Å²) < 4.78 is 5.52. The zero-order chi connectivity index (χ0) is 21.8. The second-order valence-corrected chi connectivity index (χ2v) is 8.27. The molecule has 0 aliphatic carbocycles. The molecule has 1 aromatic carbocycles. The van der Waals surface area contributed by atoms with Crippen LogP contribution in [0.15, 0.2) is 53.1 Å². The number of carbonyl (C=O) groups excluding carboxylic acids is 2. The molecule has 31 heavy (non-hydrogen) atoms. The van der Waals surface area contributed by atoms with Crippen molar-refractivity contribution in [3.8, 4) is 11.5 Å². The van der Waals surface area contributed by atoms with Crippen LogP contribution in [-0.2, 0) is 4.79 Å². The van der Waals surface area contributed by atoms with Gasteiger partial charge in [0.05, 0.1) is 23.3 Å². The molecular formula is C25H29N3O3. The van der Waals surface area contributed by atoms with Crippen LogP contribution >= 0.6 is 0 Å². The van der Waals surface area contributed by atoms with Gasteiger partial charge in [0.25, 0.3) is 5.91 Å². The normalized spacial score (nSPS) is 18.8. The molecule has 2 unspecified atom stereocenters. The van der Waals surface area contributed by atoms with Crippen LogP contribution in [0.2, 0.25) is 0 Å². The van der Waals surface area contributed by atoms with Crippen LogP contribution < -0.4 is 5.32 Å². The lowest BCUT2D eigenvalue weighted by Gasteiger charge is -2.37. The summed E-state index contributed by atoms with van der Waals surface area (Å²) in [5.74, 6) is 0.438. The van der Waals surface area contributed by atoms with Crippen molar-refractivity contribution in [1.29, 1.82) is 0 Å². The molecule has 0 spiro atoms. The van der Waals surface area contributed by atoms with Crippen molar-refractivity contribution in [1.82, 2.24) is 15.2 Å². The average Bonchev–Trinajstić information content (AvgIpc) is 3.33. The molecule has 3 heterocycles. The van der Waals surface area contributed by atoms with Gasteiger partial charge >= 0.3 is 0 Å². The molecule has 2 atom stereocenters. The fraction of sp³-hybridized carbons (Fsp3) is 0.400. The zero-order valence-electron chi connectivity index (χ0n) is 18.1. The molecule has 2 aromatic heterocycles. The molecule has 2 amide bonds. The lowest BCUT2D eigenvalue weighted by Crippen LogP contribution is -2.49. The predicted molar refractivity (Wildman–Crippen MR) is 121 cm³/mol. The van der Waals surface area contributed by atoms with Crippen molar-refractivity contribution in [2.24, 2.45) is 5.92 Å². The van der Waals surface area contributed by atoms with Crippen LogP contribution in [0.4, 0.5) is 0 Å². The Hall–Kier alpha value is -3.15. The minimum atomic E-state index is -0.172. The number of hydrogen-bond donors (Lipinski definition) is 1. The maximum atomic E-state index is 13.7. The van der Waals surface area contributed by atoms with Crippen molar-refractivity contribution in [3.63, 3.8) is 0 Å². The van der Waals surface area contributed by atoms with Gasteiger partial charge < -0.3 is 14.6 Å². The number of unbranched alkanes of at least 4 members (excludes halogenated alkanes) is 1. The summed E-state index contributed by atoms with van der Waals surface area (Å²) in [4.78, 5) is 32.9. The maximum Gasteiger partial charge on any atom is 0.254 e. The van der Waals surface area contributed by atoms with Gasteiger partial charge in [-0.15, -0.1) is 0 Å². The summed E-state index contributed by atoms with van der Waals surface area (Å²) in [7, 11) is 0. The van der Waals surface area contributed by atoms with E-state index >= 15 is 0 Å². The first-order chi connectivity index (χ1) is 15.1. The van der Waals surface area contributed by atoms with Gasteiger partial charge in [-0.1, -0.05) is 31.5 Å². The number of nitrogens with zero attached hydrogens (tertiary/aromatic N) is 2. The first-order valence-corrected chi connectivity index (χ1v) is 11.1. The van der Waals surface area contributed by atoms with Gasteiger partial charge in [-0.05, 0) is 50.5 Å². The van der Waals surface area contributed by atoms with E-state index in [2.05, 4.69) is 24.1 Å². The van der Waals surface area contributed by atoms with Gasteiger partial charge in [-0.3, -0.25) is 9.59 Å². The molecule has 1 fully saturated rings. The SMILES string of the molecule is CCCCNC(=O)C1CCC(C)N(C(=O)c2cc(-c3ccco3)nc3ccccc23)C1. The molecule has 1 aliphatic rings. The first-order valence-electron chi connectivity index (χ1n) is 11.1. The topological polar surface area (TPSA) is 75.4 Å². The van der Waals surface area contributed by atoms with E-state index in [1.807, 2.05) is 41.3 Å². The molecule has 1 saturated heterocycles. The highest BCUT2D eigenvalue weighted by Crippen LogP contribution is 2.29. The monoisotopic (exact) mass is 419 g/mol. The Bertz CT molecular complexity index is 1060. The van der Waals surface area contributed by atoms with E-state index in [1.54, 1.807) is 12.3 Å². The van der Waals surface area contributed by atoms with Crippen LogP contribution in [0, 0.1) is 5.92 Å². The lowest BCUT2D eigenvalue weighted by molar-refractivity contribution is -0.126. The first kappa shape index (κ1) is 21.1. The maximum absolute atomic E-state index is 13.7. The Labute approximate surface area is 182 Å². The van der Waals surface area contributed by atoms with Crippen molar-refractivity contribution >= 4 is 22.7 Å². The highest BCUT2D eigenvalue weighted by atomic mass is 16.3. The molecule has 0 radical (unpaired) electrons. The quantitative estimate of drug-likeness (QED) is 0.590. The number of para-hydroxylation sites is 1. The van der Waals surface area contributed by atoms with E-state index in [0.717, 1.165) is 36.6 Å².